The number of carboxylic acid groups (broad SMARTS) is 1. The number of hydrogen-bond donors (Lipinski definition) is 2. The molecular formula is C13H17ClN2O3. The number of carboxylic acids is 1. The highest BCUT2D eigenvalue weighted by Crippen LogP contribution is 2.21. The monoisotopic (exact) mass is 284 g/mol. The van der Waals surface area contributed by atoms with Crippen LogP contribution >= 0.6 is 11.6 Å². The molecule has 5 nitrogen and oxygen atoms in total. The summed E-state index contributed by atoms with van der Waals surface area (Å²) in [6.45, 7) is 3.26. The second-order valence-corrected chi connectivity index (χ2v) is 4.79. The van der Waals surface area contributed by atoms with Gasteiger partial charge in [-0.2, -0.15) is 0 Å². The van der Waals surface area contributed by atoms with E-state index in [0.29, 0.717) is 5.02 Å². The normalized spacial score (nSPS) is 13.5. The molecule has 0 aliphatic heterocycles. The summed E-state index contributed by atoms with van der Waals surface area (Å²) in [7, 11) is 1.61. The number of halogens is 1. The first kappa shape index (κ1) is 15.3. The van der Waals surface area contributed by atoms with Gasteiger partial charge in [0.15, 0.2) is 0 Å². The van der Waals surface area contributed by atoms with Crippen molar-refractivity contribution in [3.05, 3.63) is 34.9 Å². The third-order valence-corrected chi connectivity index (χ3v) is 3.18. The Hall–Kier alpha value is -1.75. The number of benzene rings is 1. The van der Waals surface area contributed by atoms with Crippen LogP contribution in [0, 0.1) is 0 Å². The fourth-order valence-electron chi connectivity index (χ4n) is 1.51. The van der Waals surface area contributed by atoms with Crippen molar-refractivity contribution < 1.29 is 14.7 Å². The highest BCUT2D eigenvalue weighted by Gasteiger charge is 2.21. The summed E-state index contributed by atoms with van der Waals surface area (Å²) in [5, 5.41) is 11.7. The molecule has 0 saturated carbocycles. The van der Waals surface area contributed by atoms with Crippen LogP contribution in [0.25, 0.3) is 0 Å². The van der Waals surface area contributed by atoms with E-state index in [2.05, 4.69) is 5.32 Å². The Bertz CT molecular complexity index is 479. The summed E-state index contributed by atoms with van der Waals surface area (Å²) in [5.41, 5.74) is 0.883. The zero-order valence-electron chi connectivity index (χ0n) is 11.1. The summed E-state index contributed by atoms with van der Waals surface area (Å²) < 4.78 is 0. The SMILES string of the molecule is CC(c1cccc(Cl)c1)N(C)C(=O)N[C@H](C)C(=O)O. The molecule has 2 N–H and O–H groups in total. The molecule has 0 radical (unpaired) electrons. The molecule has 104 valence electrons. The van der Waals surface area contributed by atoms with Crippen molar-refractivity contribution in [1.82, 2.24) is 10.2 Å². The van der Waals surface area contributed by atoms with Crippen LogP contribution in [0.15, 0.2) is 24.3 Å². The van der Waals surface area contributed by atoms with Crippen molar-refractivity contribution in [3.63, 3.8) is 0 Å². The van der Waals surface area contributed by atoms with Crippen LogP contribution in [0.4, 0.5) is 4.79 Å². The van der Waals surface area contributed by atoms with Crippen LogP contribution in [-0.4, -0.2) is 35.1 Å². The molecule has 1 rings (SSSR count). The maximum absolute atomic E-state index is 11.9. The van der Waals surface area contributed by atoms with Crippen LogP contribution in [0.1, 0.15) is 25.5 Å². The van der Waals surface area contributed by atoms with E-state index in [0.717, 1.165) is 5.56 Å². The molecule has 2 atom stereocenters. The van der Waals surface area contributed by atoms with Gasteiger partial charge in [-0.05, 0) is 31.5 Å². The van der Waals surface area contributed by atoms with Crippen molar-refractivity contribution in [1.29, 1.82) is 0 Å². The Balaban J connectivity index is 2.74. The van der Waals surface area contributed by atoms with Gasteiger partial charge in [0, 0.05) is 12.1 Å². The molecule has 0 fully saturated rings. The number of rotatable bonds is 4. The first-order valence-electron chi connectivity index (χ1n) is 5.84. The number of carbonyl (C=O) groups is 2. The predicted molar refractivity (Wildman–Crippen MR) is 73.3 cm³/mol. The van der Waals surface area contributed by atoms with E-state index in [-0.39, 0.29) is 6.04 Å². The van der Waals surface area contributed by atoms with Crippen LogP contribution in [0.2, 0.25) is 5.02 Å². The number of nitrogens with one attached hydrogen (secondary N) is 1. The van der Waals surface area contributed by atoms with E-state index < -0.39 is 18.0 Å². The molecule has 0 spiro atoms. The van der Waals surface area contributed by atoms with E-state index in [9.17, 15) is 9.59 Å². The number of urea groups is 1. The van der Waals surface area contributed by atoms with Crippen molar-refractivity contribution >= 4 is 23.6 Å². The molecule has 1 aromatic rings. The summed E-state index contributed by atoms with van der Waals surface area (Å²) in [5.74, 6) is -1.07. The van der Waals surface area contributed by atoms with Crippen molar-refractivity contribution in [2.45, 2.75) is 25.9 Å². The maximum atomic E-state index is 11.9. The van der Waals surface area contributed by atoms with Crippen LogP contribution in [0.5, 0.6) is 0 Å². The van der Waals surface area contributed by atoms with Gasteiger partial charge >= 0.3 is 12.0 Å². The molecular weight excluding hydrogens is 268 g/mol. The number of nitrogens with zero attached hydrogens (tertiary/aromatic N) is 1. The van der Waals surface area contributed by atoms with Crippen LogP contribution < -0.4 is 5.32 Å². The highest BCUT2D eigenvalue weighted by atomic mass is 35.5. The molecule has 0 bridgehead atoms. The minimum Gasteiger partial charge on any atom is -0.480 e. The average Bonchev–Trinajstić information content (AvgIpc) is 2.36. The molecule has 0 aromatic heterocycles. The van der Waals surface area contributed by atoms with Crippen LogP contribution in [-0.2, 0) is 4.79 Å². The van der Waals surface area contributed by atoms with E-state index in [1.165, 1.54) is 11.8 Å². The lowest BCUT2D eigenvalue weighted by Gasteiger charge is -2.26. The van der Waals surface area contributed by atoms with Crippen LogP contribution in [0.3, 0.4) is 0 Å². The summed E-state index contributed by atoms with van der Waals surface area (Å²) in [6.07, 6.45) is 0. The molecule has 6 heteroatoms. The Labute approximate surface area is 117 Å². The van der Waals surface area contributed by atoms with Crippen molar-refractivity contribution in [3.8, 4) is 0 Å². The average molecular weight is 285 g/mol. The number of carbonyl (C=O) groups excluding carboxylic acids is 1. The summed E-state index contributed by atoms with van der Waals surface area (Å²) in [4.78, 5) is 24.0. The van der Waals surface area contributed by atoms with Gasteiger partial charge in [-0.3, -0.25) is 4.79 Å². The topological polar surface area (TPSA) is 69.6 Å². The zero-order valence-corrected chi connectivity index (χ0v) is 11.8. The summed E-state index contributed by atoms with van der Waals surface area (Å²) in [6, 6.07) is 5.62. The van der Waals surface area contributed by atoms with Crippen molar-refractivity contribution in [2.75, 3.05) is 7.05 Å². The lowest BCUT2D eigenvalue weighted by atomic mass is 10.1. The van der Waals surface area contributed by atoms with Gasteiger partial charge in [0.05, 0.1) is 6.04 Å². The Kier molecular flexibility index (Phi) is 5.18. The lowest BCUT2D eigenvalue weighted by molar-refractivity contribution is -0.138. The second-order valence-electron chi connectivity index (χ2n) is 4.35. The molecule has 2 amide bonds. The van der Waals surface area contributed by atoms with Gasteiger partial charge in [0.1, 0.15) is 6.04 Å². The minimum atomic E-state index is -1.07. The van der Waals surface area contributed by atoms with E-state index in [1.54, 1.807) is 25.2 Å². The fourth-order valence-corrected chi connectivity index (χ4v) is 1.71. The Morgan fingerprint density at radius 2 is 2.00 bits per heavy atom. The highest BCUT2D eigenvalue weighted by molar-refractivity contribution is 6.30. The maximum Gasteiger partial charge on any atom is 0.325 e. The molecule has 19 heavy (non-hydrogen) atoms. The standard InChI is InChI=1S/C13H17ClN2O3/c1-8(12(17)18)15-13(19)16(3)9(2)10-5-4-6-11(14)7-10/h4-9H,1-3H3,(H,15,19)(H,17,18)/t8-,9?/m1/s1. The molecule has 0 aliphatic rings. The van der Waals surface area contributed by atoms with Gasteiger partial charge in [-0.1, -0.05) is 23.7 Å². The first-order chi connectivity index (χ1) is 8.82. The second kappa shape index (κ2) is 6.43. The van der Waals surface area contributed by atoms with E-state index >= 15 is 0 Å². The minimum absolute atomic E-state index is 0.209. The Morgan fingerprint density at radius 1 is 1.37 bits per heavy atom. The van der Waals surface area contributed by atoms with Gasteiger partial charge in [0.2, 0.25) is 0 Å². The number of amides is 2. The third kappa shape index (κ3) is 4.13. The zero-order chi connectivity index (χ0) is 14.6. The fraction of sp³-hybridized carbons (Fsp3) is 0.385. The van der Waals surface area contributed by atoms with Gasteiger partial charge in [-0.15, -0.1) is 0 Å². The lowest BCUT2D eigenvalue weighted by Crippen LogP contribution is -2.45. The molecule has 0 heterocycles. The largest absolute Gasteiger partial charge is 0.480 e. The van der Waals surface area contributed by atoms with Gasteiger partial charge in [-0.25, -0.2) is 4.79 Å². The molecule has 0 aliphatic carbocycles. The third-order valence-electron chi connectivity index (χ3n) is 2.94. The predicted octanol–water partition coefficient (Wildman–Crippen LogP) is 2.52. The van der Waals surface area contributed by atoms with Crippen molar-refractivity contribution in [2.24, 2.45) is 0 Å². The van der Waals surface area contributed by atoms with Gasteiger partial charge < -0.3 is 15.3 Å². The van der Waals surface area contributed by atoms with E-state index in [1.807, 2.05) is 13.0 Å². The molecule has 1 aromatic carbocycles. The Morgan fingerprint density at radius 3 is 2.53 bits per heavy atom. The number of hydrogen-bond acceptors (Lipinski definition) is 2. The smallest absolute Gasteiger partial charge is 0.325 e. The van der Waals surface area contributed by atoms with Gasteiger partial charge in [0.25, 0.3) is 0 Å². The quantitative estimate of drug-likeness (QED) is 0.892. The first-order valence-corrected chi connectivity index (χ1v) is 6.22. The number of aliphatic carboxylic acids is 1. The van der Waals surface area contributed by atoms with E-state index in [4.69, 9.17) is 16.7 Å². The molecule has 0 saturated heterocycles. The summed E-state index contributed by atoms with van der Waals surface area (Å²) >= 11 is 5.90. The molecule has 1 unspecified atom stereocenters.